The molecule has 0 bridgehead atoms. The van der Waals surface area contributed by atoms with Gasteiger partial charge >= 0.3 is 0 Å². The molecule has 0 N–H and O–H groups in total. The lowest BCUT2D eigenvalue weighted by Gasteiger charge is -2.34. The molecule has 3 aromatic carbocycles. The van der Waals surface area contributed by atoms with Gasteiger partial charge in [0.15, 0.2) is 0 Å². The molecule has 1 aliphatic rings. The predicted molar refractivity (Wildman–Crippen MR) is 114 cm³/mol. The molecule has 0 radical (unpaired) electrons. The highest BCUT2D eigenvalue weighted by Crippen LogP contribution is 2.35. The molecule has 2 heterocycles. The molecule has 0 aliphatic carbocycles. The minimum absolute atomic E-state index is 0.0199. The smallest absolute Gasteiger partial charge is 0.200 e. The molecule has 1 aliphatic heterocycles. The first kappa shape index (κ1) is 17.7. The van der Waals surface area contributed by atoms with Crippen LogP contribution >= 0.6 is 0 Å². The second kappa shape index (κ2) is 7.22. The third-order valence-corrected chi connectivity index (χ3v) is 5.66. The fraction of sp³-hybridized carbons (Fsp3) is 0.160. The first-order chi connectivity index (χ1) is 14.2. The molecule has 0 amide bonds. The van der Waals surface area contributed by atoms with Gasteiger partial charge in [-0.3, -0.25) is 9.69 Å². The highest BCUT2D eigenvalue weighted by Gasteiger charge is 2.26. The molecule has 0 saturated carbocycles. The van der Waals surface area contributed by atoms with Crippen LogP contribution in [0.25, 0.3) is 22.1 Å². The van der Waals surface area contributed by atoms with Crippen molar-refractivity contribution in [3.63, 3.8) is 0 Å². The van der Waals surface area contributed by atoms with Gasteiger partial charge in [0.1, 0.15) is 24.3 Å². The predicted octanol–water partition coefficient (Wildman–Crippen LogP) is 5.37. The second-order valence-electron chi connectivity index (χ2n) is 7.37. The average molecular weight is 383 g/mol. The molecule has 5 rings (SSSR count). The Balaban J connectivity index is 1.56. The van der Waals surface area contributed by atoms with E-state index in [2.05, 4.69) is 24.0 Å². The largest absolute Gasteiger partial charge is 0.478 e. The number of nitrogens with zero attached hydrogens (tertiary/aromatic N) is 1. The summed E-state index contributed by atoms with van der Waals surface area (Å²) in [5.74, 6) is 0.782. The van der Waals surface area contributed by atoms with Gasteiger partial charge in [-0.15, -0.1) is 0 Å². The van der Waals surface area contributed by atoms with E-state index in [9.17, 15) is 4.79 Å². The number of fused-ring (bicyclic) bond motifs is 3. The summed E-state index contributed by atoms with van der Waals surface area (Å²) in [4.78, 5) is 15.4. The summed E-state index contributed by atoms with van der Waals surface area (Å²) < 4.78 is 12.0. The molecule has 0 fully saturated rings. The topological polar surface area (TPSA) is 42.7 Å². The first-order valence-electron chi connectivity index (χ1n) is 9.77. The Morgan fingerprint density at radius 1 is 0.931 bits per heavy atom. The summed E-state index contributed by atoms with van der Waals surface area (Å²) in [6, 6.07) is 23.8. The normalized spacial score (nSPS) is 14.9. The van der Waals surface area contributed by atoms with Crippen molar-refractivity contribution in [1.29, 1.82) is 0 Å². The summed E-state index contributed by atoms with van der Waals surface area (Å²) >= 11 is 0. The van der Waals surface area contributed by atoms with Crippen LogP contribution < -0.4 is 10.2 Å². The van der Waals surface area contributed by atoms with Crippen LogP contribution in [0.3, 0.4) is 0 Å². The van der Waals surface area contributed by atoms with Gasteiger partial charge in [0.25, 0.3) is 0 Å². The SMILES string of the molecule is C[C@@H](c1ccccc1)N1COc2ccc3c(=O)c(-c4ccccc4)coc3c2C1. The molecule has 1 atom stereocenters. The van der Waals surface area contributed by atoms with Gasteiger partial charge in [-0.2, -0.15) is 0 Å². The maximum absolute atomic E-state index is 13.1. The van der Waals surface area contributed by atoms with Crippen molar-refractivity contribution in [2.75, 3.05) is 6.73 Å². The minimum Gasteiger partial charge on any atom is -0.478 e. The van der Waals surface area contributed by atoms with Crippen molar-refractivity contribution in [3.8, 4) is 16.9 Å². The monoisotopic (exact) mass is 383 g/mol. The summed E-state index contributed by atoms with van der Waals surface area (Å²) in [6.07, 6.45) is 1.57. The van der Waals surface area contributed by atoms with Crippen molar-refractivity contribution in [2.45, 2.75) is 19.5 Å². The fourth-order valence-corrected chi connectivity index (χ4v) is 3.93. The van der Waals surface area contributed by atoms with E-state index in [4.69, 9.17) is 9.15 Å². The van der Waals surface area contributed by atoms with E-state index in [0.717, 1.165) is 16.9 Å². The number of hydrogen-bond acceptors (Lipinski definition) is 4. The van der Waals surface area contributed by atoms with Crippen molar-refractivity contribution < 1.29 is 9.15 Å². The quantitative estimate of drug-likeness (QED) is 0.477. The minimum atomic E-state index is -0.0199. The highest BCUT2D eigenvalue weighted by atomic mass is 16.5. The van der Waals surface area contributed by atoms with E-state index in [1.54, 1.807) is 6.26 Å². The number of rotatable bonds is 3. The van der Waals surface area contributed by atoms with Crippen LogP contribution in [-0.2, 0) is 6.54 Å². The lowest BCUT2D eigenvalue weighted by atomic mass is 10.0. The number of ether oxygens (including phenoxy) is 1. The Bertz CT molecular complexity index is 1220. The fourth-order valence-electron chi connectivity index (χ4n) is 3.93. The van der Waals surface area contributed by atoms with Gasteiger partial charge in [-0.05, 0) is 30.2 Å². The highest BCUT2D eigenvalue weighted by molar-refractivity contribution is 5.85. The maximum atomic E-state index is 13.1. The average Bonchev–Trinajstić information content (AvgIpc) is 2.79. The standard InChI is InChI=1S/C25H21NO3/c1-17(18-8-4-2-5-9-18)26-14-21-23(29-16-26)13-12-20-24(27)22(15-28-25(20)21)19-10-6-3-7-11-19/h2-13,15,17H,14,16H2,1H3/t17-/m0/s1. The first-order valence-corrected chi connectivity index (χ1v) is 9.77. The number of benzene rings is 3. The van der Waals surface area contributed by atoms with Crippen molar-refractivity contribution in [1.82, 2.24) is 4.90 Å². The third kappa shape index (κ3) is 3.12. The summed E-state index contributed by atoms with van der Waals surface area (Å²) in [5, 5.41) is 0.586. The zero-order chi connectivity index (χ0) is 19.8. The van der Waals surface area contributed by atoms with E-state index < -0.39 is 0 Å². The molecular formula is C25H21NO3. The third-order valence-electron chi connectivity index (χ3n) is 5.66. The van der Waals surface area contributed by atoms with Gasteiger partial charge in [-0.25, -0.2) is 0 Å². The Hall–Kier alpha value is -3.37. The van der Waals surface area contributed by atoms with Gasteiger partial charge in [-0.1, -0.05) is 60.7 Å². The summed E-state index contributed by atoms with van der Waals surface area (Å²) in [6.45, 7) is 3.33. The lowest BCUT2D eigenvalue weighted by molar-refractivity contribution is 0.0620. The van der Waals surface area contributed by atoms with Crippen LogP contribution in [0.15, 0.2) is 88.3 Å². The van der Waals surface area contributed by atoms with Crippen LogP contribution in [0.4, 0.5) is 0 Å². The Labute approximate surface area is 169 Å². The van der Waals surface area contributed by atoms with Crippen molar-refractivity contribution in [2.24, 2.45) is 0 Å². The van der Waals surface area contributed by atoms with Crippen LogP contribution in [0.2, 0.25) is 0 Å². The Morgan fingerprint density at radius 2 is 1.66 bits per heavy atom. The van der Waals surface area contributed by atoms with Gasteiger partial charge in [0, 0.05) is 12.6 Å². The zero-order valence-electron chi connectivity index (χ0n) is 16.2. The van der Waals surface area contributed by atoms with E-state index in [0.29, 0.717) is 29.8 Å². The summed E-state index contributed by atoms with van der Waals surface area (Å²) in [7, 11) is 0. The molecule has 4 aromatic rings. The number of hydrogen-bond donors (Lipinski definition) is 0. The van der Waals surface area contributed by atoms with Crippen LogP contribution in [0, 0.1) is 0 Å². The van der Waals surface area contributed by atoms with Gasteiger partial charge in [0.05, 0.1) is 16.5 Å². The second-order valence-corrected chi connectivity index (χ2v) is 7.37. The van der Waals surface area contributed by atoms with Gasteiger partial charge in [0.2, 0.25) is 5.43 Å². The van der Waals surface area contributed by atoms with E-state index >= 15 is 0 Å². The zero-order valence-corrected chi connectivity index (χ0v) is 16.2. The van der Waals surface area contributed by atoms with E-state index in [-0.39, 0.29) is 11.5 Å². The lowest BCUT2D eigenvalue weighted by Crippen LogP contribution is -2.34. The van der Waals surface area contributed by atoms with E-state index in [1.807, 2.05) is 60.7 Å². The van der Waals surface area contributed by atoms with E-state index in [1.165, 1.54) is 5.56 Å². The van der Waals surface area contributed by atoms with Crippen molar-refractivity contribution in [3.05, 3.63) is 100 Å². The molecule has 0 spiro atoms. The molecule has 4 nitrogen and oxygen atoms in total. The van der Waals surface area contributed by atoms with Crippen LogP contribution in [0.1, 0.15) is 24.1 Å². The van der Waals surface area contributed by atoms with Crippen LogP contribution in [0.5, 0.6) is 5.75 Å². The van der Waals surface area contributed by atoms with Crippen LogP contribution in [-0.4, -0.2) is 11.6 Å². The molecule has 29 heavy (non-hydrogen) atoms. The van der Waals surface area contributed by atoms with Crippen molar-refractivity contribution >= 4 is 11.0 Å². The maximum Gasteiger partial charge on any atom is 0.200 e. The molecule has 0 unspecified atom stereocenters. The molecule has 1 aromatic heterocycles. The molecular weight excluding hydrogens is 362 g/mol. The van der Waals surface area contributed by atoms with Gasteiger partial charge < -0.3 is 9.15 Å². The summed E-state index contributed by atoms with van der Waals surface area (Å²) in [5.41, 5.74) is 4.17. The molecule has 0 saturated heterocycles. The molecule has 144 valence electrons. The Kier molecular flexibility index (Phi) is 4.41. The molecule has 4 heteroatoms. The Morgan fingerprint density at radius 3 is 2.41 bits per heavy atom.